The van der Waals surface area contributed by atoms with Crippen molar-refractivity contribution in [2.45, 2.75) is 18.9 Å². The summed E-state index contributed by atoms with van der Waals surface area (Å²) in [6.07, 6.45) is 1.89. The molecule has 1 N–H and O–H groups in total. The van der Waals surface area contributed by atoms with Crippen molar-refractivity contribution in [3.05, 3.63) is 69.4 Å². The third-order valence-corrected chi connectivity index (χ3v) is 5.13. The van der Waals surface area contributed by atoms with Crippen molar-refractivity contribution in [3.63, 3.8) is 0 Å². The molecule has 1 saturated heterocycles. The summed E-state index contributed by atoms with van der Waals surface area (Å²) in [5, 5.41) is 3.98. The minimum atomic E-state index is -0.551. The van der Waals surface area contributed by atoms with Gasteiger partial charge in [0.25, 0.3) is 5.91 Å². The van der Waals surface area contributed by atoms with Crippen LogP contribution in [0.2, 0.25) is 10.0 Å². The summed E-state index contributed by atoms with van der Waals surface area (Å²) in [6.45, 7) is 1.10. The Morgan fingerprint density at radius 3 is 2.83 bits per heavy atom. The number of hydrogen-bond donors (Lipinski definition) is 1. The maximum Gasteiger partial charge on any atom is 0.256 e. The van der Waals surface area contributed by atoms with Gasteiger partial charge in [0.2, 0.25) is 5.55 Å². The van der Waals surface area contributed by atoms with Gasteiger partial charge in [-0.1, -0.05) is 23.2 Å². The molecule has 1 atom stereocenters. The maximum atomic E-state index is 13.5. The van der Waals surface area contributed by atoms with E-state index in [9.17, 15) is 9.18 Å². The van der Waals surface area contributed by atoms with E-state index in [0.29, 0.717) is 34.8 Å². The molecule has 150 valence electrons. The molecule has 1 aliphatic heterocycles. The molecule has 0 radical (unpaired) electrons. The van der Waals surface area contributed by atoms with E-state index in [1.807, 2.05) is 0 Å². The number of rotatable bonds is 4. The maximum absolute atomic E-state index is 13.5. The smallest absolute Gasteiger partial charge is 0.256 e. The van der Waals surface area contributed by atoms with Crippen LogP contribution in [0.25, 0.3) is 11.0 Å². The number of nitrogens with zero attached hydrogens (tertiary/aromatic N) is 1. The molecule has 3 aromatic rings. The number of ether oxygens (including phenoxy) is 1. The number of nitrogens with one attached hydrogen (secondary N) is 1. The first-order valence-electron chi connectivity index (χ1n) is 9.12. The average molecular weight is 435 g/mol. The molecule has 2 heterocycles. The van der Waals surface area contributed by atoms with Crippen LogP contribution in [0, 0.1) is 5.82 Å². The second kappa shape index (κ2) is 8.53. The highest BCUT2D eigenvalue weighted by Gasteiger charge is 2.18. The first-order chi connectivity index (χ1) is 14.0. The Bertz CT molecular complexity index is 1140. The fourth-order valence-corrected chi connectivity index (χ4v) is 3.48. The Kier molecular flexibility index (Phi) is 5.85. The zero-order valence-corrected chi connectivity index (χ0v) is 16.8. The summed E-state index contributed by atoms with van der Waals surface area (Å²) < 4.78 is 24.9. The largest absolute Gasteiger partial charge is 0.438 e. The topological polar surface area (TPSA) is 63.8 Å². The van der Waals surface area contributed by atoms with Crippen LogP contribution in [0.1, 0.15) is 23.2 Å². The number of benzene rings is 2. The molecule has 0 saturated carbocycles. The summed E-state index contributed by atoms with van der Waals surface area (Å²) in [5.41, 5.74) is 1.20. The van der Waals surface area contributed by atoms with Crippen LogP contribution >= 0.6 is 23.2 Å². The Balaban J connectivity index is 1.76. The van der Waals surface area contributed by atoms with E-state index in [1.54, 1.807) is 24.3 Å². The van der Waals surface area contributed by atoms with Gasteiger partial charge in [0, 0.05) is 23.6 Å². The van der Waals surface area contributed by atoms with Gasteiger partial charge in [-0.2, -0.15) is 0 Å². The van der Waals surface area contributed by atoms with Crippen LogP contribution in [0.3, 0.4) is 0 Å². The van der Waals surface area contributed by atoms with Gasteiger partial charge in [0.05, 0.1) is 16.8 Å². The van der Waals surface area contributed by atoms with Crippen molar-refractivity contribution < 1.29 is 18.3 Å². The molecule has 0 aliphatic carbocycles. The zero-order chi connectivity index (χ0) is 20.4. The minimum Gasteiger partial charge on any atom is -0.438 e. The van der Waals surface area contributed by atoms with E-state index in [2.05, 4.69) is 10.3 Å². The van der Waals surface area contributed by atoms with E-state index in [0.717, 1.165) is 12.8 Å². The molecule has 1 fully saturated rings. The van der Waals surface area contributed by atoms with E-state index in [1.165, 1.54) is 18.2 Å². The first kappa shape index (κ1) is 19.9. The van der Waals surface area contributed by atoms with Crippen molar-refractivity contribution in [3.8, 4) is 0 Å². The third kappa shape index (κ3) is 4.61. The standard InChI is InChI=1S/C21H17Cl2FN2O3/c22-13-3-6-19-12(8-13)9-16(20(27)25-11-15-2-1-7-28-15)21(29-19)26-14-4-5-18(24)17(23)10-14/h3-6,8-10,15H,1-2,7,11H2,(H,25,27)/t15-/m0/s1. The molecule has 29 heavy (non-hydrogen) atoms. The van der Waals surface area contributed by atoms with Crippen LogP contribution in [-0.4, -0.2) is 25.2 Å². The van der Waals surface area contributed by atoms with Gasteiger partial charge in [0.15, 0.2) is 0 Å². The summed E-state index contributed by atoms with van der Waals surface area (Å²) in [6, 6.07) is 10.8. The lowest BCUT2D eigenvalue weighted by molar-refractivity contribution is 0.0854. The van der Waals surface area contributed by atoms with Crippen LogP contribution in [-0.2, 0) is 4.74 Å². The number of carbonyl (C=O) groups is 1. The van der Waals surface area contributed by atoms with E-state index in [4.69, 9.17) is 32.4 Å². The van der Waals surface area contributed by atoms with E-state index in [-0.39, 0.29) is 28.2 Å². The quantitative estimate of drug-likeness (QED) is 0.626. The second-order valence-electron chi connectivity index (χ2n) is 6.70. The Labute approximate surface area is 176 Å². The lowest BCUT2D eigenvalue weighted by atomic mass is 10.1. The summed E-state index contributed by atoms with van der Waals surface area (Å²) in [5.74, 6) is -0.900. The van der Waals surface area contributed by atoms with Gasteiger partial charge in [-0.3, -0.25) is 4.79 Å². The van der Waals surface area contributed by atoms with Gasteiger partial charge in [-0.05, 0) is 55.3 Å². The predicted octanol–water partition coefficient (Wildman–Crippen LogP) is 5.02. The van der Waals surface area contributed by atoms with Gasteiger partial charge >= 0.3 is 0 Å². The first-order valence-corrected chi connectivity index (χ1v) is 9.88. The fraction of sp³-hybridized carbons (Fsp3) is 0.238. The van der Waals surface area contributed by atoms with Gasteiger partial charge in [-0.25, -0.2) is 9.38 Å². The van der Waals surface area contributed by atoms with E-state index >= 15 is 0 Å². The molecule has 0 spiro atoms. The number of fused-ring (bicyclic) bond motifs is 1. The molecule has 1 aliphatic rings. The molecular weight excluding hydrogens is 418 g/mol. The summed E-state index contributed by atoms with van der Waals surface area (Å²) in [4.78, 5) is 17.2. The monoisotopic (exact) mass is 434 g/mol. The zero-order valence-electron chi connectivity index (χ0n) is 15.3. The Hall–Kier alpha value is -2.41. The molecule has 8 heteroatoms. The molecule has 0 unspecified atom stereocenters. The predicted molar refractivity (Wildman–Crippen MR) is 109 cm³/mol. The molecule has 5 nitrogen and oxygen atoms in total. The van der Waals surface area contributed by atoms with Crippen molar-refractivity contribution >= 4 is 45.8 Å². The van der Waals surface area contributed by atoms with Crippen molar-refractivity contribution in [2.75, 3.05) is 13.2 Å². The van der Waals surface area contributed by atoms with E-state index < -0.39 is 5.82 Å². The Morgan fingerprint density at radius 1 is 1.21 bits per heavy atom. The van der Waals surface area contributed by atoms with Crippen molar-refractivity contribution in [1.82, 2.24) is 5.32 Å². The Morgan fingerprint density at radius 2 is 2.07 bits per heavy atom. The molecular formula is C21H17Cl2FN2O3. The SMILES string of the molecule is O=C(NC[C@@H]1CCCO1)c1cc2cc(Cl)ccc2oc1=Nc1ccc(F)c(Cl)c1. The van der Waals surface area contributed by atoms with Gasteiger partial charge < -0.3 is 14.5 Å². The van der Waals surface area contributed by atoms with Crippen LogP contribution < -0.4 is 10.9 Å². The van der Waals surface area contributed by atoms with Crippen LogP contribution in [0.4, 0.5) is 10.1 Å². The minimum absolute atomic E-state index is 0.00193. The average Bonchev–Trinajstić information content (AvgIpc) is 3.22. The normalized spacial score (nSPS) is 17.1. The molecule has 1 aromatic heterocycles. The van der Waals surface area contributed by atoms with Crippen LogP contribution in [0.5, 0.6) is 0 Å². The van der Waals surface area contributed by atoms with Gasteiger partial charge in [0.1, 0.15) is 17.0 Å². The number of hydrogen-bond acceptors (Lipinski definition) is 4. The lowest BCUT2D eigenvalue weighted by Gasteiger charge is -2.11. The van der Waals surface area contributed by atoms with Crippen molar-refractivity contribution in [1.29, 1.82) is 0 Å². The lowest BCUT2D eigenvalue weighted by Crippen LogP contribution is -2.34. The third-order valence-electron chi connectivity index (χ3n) is 4.60. The fourth-order valence-electron chi connectivity index (χ4n) is 3.13. The summed E-state index contributed by atoms with van der Waals surface area (Å²) in [7, 11) is 0. The molecule has 2 aromatic carbocycles. The second-order valence-corrected chi connectivity index (χ2v) is 7.55. The summed E-state index contributed by atoms with van der Waals surface area (Å²) >= 11 is 11.9. The molecule has 1 amide bonds. The highest BCUT2D eigenvalue weighted by atomic mass is 35.5. The highest BCUT2D eigenvalue weighted by molar-refractivity contribution is 6.31. The van der Waals surface area contributed by atoms with Crippen LogP contribution in [0.15, 0.2) is 51.9 Å². The van der Waals surface area contributed by atoms with Crippen molar-refractivity contribution in [2.24, 2.45) is 4.99 Å². The molecule has 4 rings (SSSR count). The molecule has 0 bridgehead atoms. The number of carbonyl (C=O) groups excluding carboxylic acids is 1. The van der Waals surface area contributed by atoms with Gasteiger partial charge in [-0.15, -0.1) is 0 Å². The number of amides is 1. The highest BCUT2D eigenvalue weighted by Crippen LogP contribution is 2.23. The number of halogens is 3.